The van der Waals surface area contributed by atoms with Crippen LogP contribution in [0.15, 0.2) is 81.1 Å². The highest BCUT2D eigenvalue weighted by molar-refractivity contribution is 7.89. The number of hydrogen-bond acceptors (Lipinski definition) is 6. The number of sulfonamides is 1. The van der Waals surface area contributed by atoms with E-state index in [9.17, 15) is 13.2 Å². The summed E-state index contributed by atoms with van der Waals surface area (Å²) in [6, 6.07) is 18.0. The molecule has 138 valence electrons. The Balaban J connectivity index is 1.78. The summed E-state index contributed by atoms with van der Waals surface area (Å²) in [5, 5.41) is 3.72. The second kappa shape index (κ2) is 7.88. The number of carbonyl (C=O) groups is 1. The molecule has 3 aromatic rings. The van der Waals surface area contributed by atoms with Gasteiger partial charge in [0.1, 0.15) is 11.5 Å². The van der Waals surface area contributed by atoms with Gasteiger partial charge in [0.25, 0.3) is 10.0 Å². The predicted molar refractivity (Wildman–Crippen MR) is 99.8 cm³/mol. The second-order valence-electron chi connectivity index (χ2n) is 5.41. The Morgan fingerprint density at radius 1 is 1.04 bits per heavy atom. The van der Waals surface area contributed by atoms with E-state index in [0.717, 1.165) is 0 Å². The lowest BCUT2D eigenvalue weighted by Crippen LogP contribution is -2.18. The number of methoxy groups -OCH3 is 1. The van der Waals surface area contributed by atoms with Gasteiger partial charge in [0.05, 0.1) is 23.8 Å². The van der Waals surface area contributed by atoms with E-state index in [1.807, 2.05) is 0 Å². The first-order valence-electron chi connectivity index (χ1n) is 7.89. The fourth-order valence-corrected chi connectivity index (χ4v) is 3.18. The van der Waals surface area contributed by atoms with Crippen LogP contribution >= 0.6 is 0 Å². The minimum Gasteiger partial charge on any atom is -0.465 e. The van der Waals surface area contributed by atoms with Gasteiger partial charge in [0, 0.05) is 5.56 Å². The van der Waals surface area contributed by atoms with Crippen LogP contribution in [0, 0.1) is 0 Å². The van der Waals surface area contributed by atoms with E-state index in [0.29, 0.717) is 22.6 Å². The van der Waals surface area contributed by atoms with Crippen molar-refractivity contribution in [3.63, 3.8) is 0 Å². The van der Waals surface area contributed by atoms with Crippen LogP contribution in [-0.2, 0) is 14.8 Å². The lowest BCUT2D eigenvalue weighted by atomic mass is 10.1. The molecule has 8 heteroatoms. The van der Waals surface area contributed by atoms with Crippen LogP contribution in [-0.4, -0.2) is 27.7 Å². The molecule has 0 radical (unpaired) electrons. The molecule has 0 fully saturated rings. The first-order chi connectivity index (χ1) is 13.0. The molecule has 0 saturated carbocycles. The third kappa shape index (κ3) is 4.24. The van der Waals surface area contributed by atoms with Crippen molar-refractivity contribution in [3.8, 4) is 11.3 Å². The van der Waals surface area contributed by atoms with E-state index in [2.05, 4.69) is 9.93 Å². The number of carbonyl (C=O) groups excluding carboxylic acids is 1. The van der Waals surface area contributed by atoms with Crippen LogP contribution in [0.1, 0.15) is 16.1 Å². The van der Waals surface area contributed by atoms with E-state index in [1.54, 1.807) is 54.6 Å². The van der Waals surface area contributed by atoms with Crippen LogP contribution < -0.4 is 4.83 Å². The van der Waals surface area contributed by atoms with E-state index >= 15 is 0 Å². The number of nitrogens with one attached hydrogen (secondary N) is 1. The molecule has 1 heterocycles. The minimum absolute atomic E-state index is 0.106. The molecule has 0 aliphatic rings. The van der Waals surface area contributed by atoms with Crippen molar-refractivity contribution < 1.29 is 22.4 Å². The molecule has 2 aromatic carbocycles. The third-order valence-electron chi connectivity index (χ3n) is 3.64. The van der Waals surface area contributed by atoms with Crippen LogP contribution in [0.25, 0.3) is 11.3 Å². The Labute approximate surface area is 156 Å². The summed E-state index contributed by atoms with van der Waals surface area (Å²) >= 11 is 0. The predicted octanol–water partition coefficient (Wildman–Crippen LogP) is 3.05. The smallest absolute Gasteiger partial charge is 0.338 e. The summed E-state index contributed by atoms with van der Waals surface area (Å²) < 4.78 is 34.6. The lowest BCUT2D eigenvalue weighted by Gasteiger charge is -2.04. The molecule has 0 aliphatic heterocycles. The molecule has 7 nitrogen and oxygen atoms in total. The largest absolute Gasteiger partial charge is 0.465 e. The molecule has 0 amide bonds. The van der Waals surface area contributed by atoms with Gasteiger partial charge in [0.15, 0.2) is 0 Å². The van der Waals surface area contributed by atoms with Gasteiger partial charge in [0.2, 0.25) is 0 Å². The SMILES string of the molecule is COC(=O)c1ccccc1-c1ccc(C=NNS(=O)(=O)c2ccccc2)o1. The number of benzene rings is 2. The molecule has 0 atom stereocenters. The van der Waals surface area contributed by atoms with Crippen molar-refractivity contribution in [1.29, 1.82) is 0 Å². The Kier molecular flexibility index (Phi) is 5.37. The molecule has 3 rings (SSSR count). The maximum atomic E-state index is 12.1. The average molecular weight is 384 g/mol. The normalized spacial score (nSPS) is 11.4. The van der Waals surface area contributed by atoms with E-state index in [4.69, 9.17) is 9.15 Å². The molecule has 0 aliphatic carbocycles. The molecule has 27 heavy (non-hydrogen) atoms. The zero-order valence-corrected chi connectivity index (χ0v) is 15.1. The molecule has 1 N–H and O–H groups in total. The highest BCUT2D eigenvalue weighted by Crippen LogP contribution is 2.26. The van der Waals surface area contributed by atoms with Gasteiger partial charge in [-0.25, -0.2) is 4.79 Å². The van der Waals surface area contributed by atoms with Gasteiger partial charge in [-0.2, -0.15) is 18.4 Å². The van der Waals surface area contributed by atoms with Gasteiger partial charge in [-0.15, -0.1) is 0 Å². The second-order valence-corrected chi connectivity index (χ2v) is 7.07. The number of esters is 1. The van der Waals surface area contributed by atoms with Crippen molar-refractivity contribution in [2.75, 3.05) is 7.11 Å². The highest BCUT2D eigenvalue weighted by atomic mass is 32.2. The Bertz CT molecular complexity index is 1070. The number of ether oxygens (including phenoxy) is 1. The monoisotopic (exact) mass is 384 g/mol. The minimum atomic E-state index is -3.75. The quantitative estimate of drug-likeness (QED) is 0.400. The van der Waals surface area contributed by atoms with Crippen LogP contribution in [0.5, 0.6) is 0 Å². The van der Waals surface area contributed by atoms with Gasteiger partial charge in [-0.3, -0.25) is 0 Å². The molecule has 0 saturated heterocycles. The van der Waals surface area contributed by atoms with Crippen LogP contribution in [0.2, 0.25) is 0 Å². The van der Waals surface area contributed by atoms with Crippen molar-refractivity contribution in [2.45, 2.75) is 4.90 Å². The summed E-state index contributed by atoms with van der Waals surface area (Å²) in [4.78, 5) is 14.1. The van der Waals surface area contributed by atoms with Crippen LogP contribution in [0.3, 0.4) is 0 Å². The summed E-state index contributed by atoms with van der Waals surface area (Å²) in [6.07, 6.45) is 1.24. The topological polar surface area (TPSA) is 98.0 Å². The van der Waals surface area contributed by atoms with Crippen molar-refractivity contribution in [3.05, 3.63) is 78.1 Å². The fraction of sp³-hybridized carbons (Fsp3) is 0.0526. The maximum Gasteiger partial charge on any atom is 0.338 e. The molecule has 0 bridgehead atoms. The van der Waals surface area contributed by atoms with Crippen molar-refractivity contribution >= 4 is 22.2 Å². The summed E-state index contributed by atoms with van der Waals surface area (Å²) in [7, 11) is -2.44. The Morgan fingerprint density at radius 2 is 1.74 bits per heavy atom. The van der Waals surface area contributed by atoms with E-state index in [1.165, 1.54) is 25.5 Å². The number of hydrazone groups is 1. The number of nitrogens with zero attached hydrogens (tertiary/aromatic N) is 1. The van der Waals surface area contributed by atoms with Crippen molar-refractivity contribution in [1.82, 2.24) is 4.83 Å². The average Bonchev–Trinajstić information content (AvgIpc) is 3.16. The first kappa shape index (κ1) is 18.4. The van der Waals surface area contributed by atoms with Gasteiger partial charge >= 0.3 is 5.97 Å². The highest BCUT2D eigenvalue weighted by Gasteiger charge is 2.15. The van der Waals surface area contributed by atoms with Crippen LogP contribution in [0.4, 0.5) is 0 Å². The Hall–Kier alpha value is -3.39. The number of rotatable bonds is 6. The number of hydrogen-bond donors (Lipinski definition) is 1. The van der Waals surface area contributed by atoms with E-state index in [-0.39, 0.29) is 4.90 Å². The molecule has 0 unspecified atom stereocenters. The molecule has 0 spiro atoms. The fourth-order valence-electron chi connectivity index (χ4n) is 2.36. The number of furan rings is 1. The lowest BCUT2D eigenvalue weighted by molar-refractivity contribution is 0.0601. The molecular formula is C19H16N2O5S. The summed E-state index contributed by atoms with van der Waals surface area (Å²) in [5.41, 5.74) is 0.927. The summed E-state index contributed by atoms with van der Waals surface area (Å²) in [5.74, 6) is 0.275. The summed E-state index contributed by atoms with van der Waals surface area (Å²) in [6.45, 7) is 0. The zero-order valence-electron chi connectivity index (χ0n) is 14.3. The van der Waals surface area contributed by atoms with Gasteiger partial charge < -0.3 is 9.15 Å². The third-order valence-corrected chi connectivity index (χ3v) is 4.88. The Morgan fingerprint density at radius 3 is 2.48 bits per heavy atom. The van der Waals surface area contributed by atoms with Gasteiger partial charge in [-0.1, -0.05) is 36.4 Å². The first-order valence-corrected chi connectivity index (χ1v) is 9.37. The molecule has 1 aromatic heterocycles. The maximum absolute atomic E-state index is 12.1. The zero-order chi connectivity index (χ0) is 19.3. The van der Waals surface area contributed by atoms with Gasteiger partial charge in [-0.05, 0) is 30.3 Å². The molecular weight excluding hydrogens is 368 g/mol. The van der Waals surface area contributed by atoms with Crippen molar-refractivity contribution in [2.24, 2.45) is 5.10 Å². The van der Waals surface area contributed by atoms with E-state index < -0.39 is 16.0 Å². The standard InChI is InChI=1S/C19H16N2O5S/c1-25-19(22)17-10-6-5-9-16(17)18-12-11-14(26-18)13-20-21-27(23,24)15-7-3-2-4-8-15/h2-13,21H,1H3.